The number of nitrogens with zero attached hydrogens (tertiary/aromatic N) is 2. The second kappa shape index (κ2) is 9.79. The Labute approximate surface area is 195 Å². The first-order chi connectivity index (χ1) is 16.3. The van der Waals surface area contributed by atoms with E-state index >= 15 is 0 Å². The van der Waals surface area contributed by atoms with Crippen molar-refractivity contribution in [3.05, 3.63) is 82.3 Å². The van der Waals surface area contributed by atoms with Gasteiger partial charge in [-0.3, -0.25) is 9.69 Å². The zero-order valence-electron chi connectivity index (χ0n) is 18.7. The number of methoxy groups -OCH3 is 3. The quantitative estimate of drug-likeness (QED) is 0.609. The highest BCUT2D eigenvalue weighted by Gasteiger charge is 2.43. The van der Waals surface area contributed by atoms with Gasteiger partial charge in [0.05, 0.1) is 50.2 Å². The molecule has 34 heavy (non-hydrogen) atoms. The Morgan fingerprint density at radius 1 is 1.00 bits per heavy atom. The van der Waals surface area contributed by atoms with Gasteiger partial charge in [0.2, 0.25) is 5.91 Å². The highest BCUT2D eigenvalue weighted by atomic mass is 16.5. The third-order valence-corrected chi connectivity index (χ3v) is 5.32. The molecule has 2 aromatic rings. The highest BCUT2D eigenvalue weighted by molar-refractivity contribution is 6.07. The molecule has 0 saturated heterocycles. The van der Waals surface area contributed by atoms with Gasteiger partial charge in [0.15, 0.2) is 0 Å². The van der Waals surface area contributed by atoms with Crippen molar-refractivity contribution in [1.82, 2.24) is 0 Å². The minimum Gasteiger partial charge on any atom is -0.495 e. The normalized spacial score (nSPS) is 15.5. The number of ether oxygens (including phenoxy) is 3. The summed E-state index contributed by atoms with van der Waals surface area (Å²) in [7, 11) is 3.65. The molecule has 0 spiro atoms. The third kappa shape index (κ3) is 4.02. The number of primary amides is 1. The van der Waals surface area contributed by atoms with Gasteiger partial charge < -0.3 is 25.7 Å². The third-order valence-electron chi connectivity index (χ3n) is 5.32. The SMILES string of the molecule is COC(=O)C1=C(C(=O)OC)N(c2ccc(C(N)=O)cc2OC)C(N)=C(C#N)C1c1ccccc1. The van der Waals surface area contributed by atoms with Crippen molar-refractivity contribution >= 4 is 23.5 Å². The number of nitriles is 1. The number of anilines is 1. The van der Waals surface area contributed by atoms with Crippen molar-refractivity contribution in [3.8, 4) is 11.8 Å². The Bertz CT molecular complexity index is 1260. The lowest BCUT2D eigenvalue weighted by Crippen LogP contribution is -2.41. The maximum Gasteiger partial charge on any atom is 0.355 e. The van der Waals surface area contributed by atoms with E-state index in [0.29, 0.717) is 5.56 Å². The number of carbonyl (C=O) groups excluding carboxylic acids is 3. The summed E-state index contributed by atoms with van der Waals surface area (Å²) in [6.07, 6.45) is 0. The molecule has 1 aliphatic heterocycles. The van der Waals surface area contributed by atoms with Gasteiger partial charge in [-0.1, -0.05) is 30.3 Å². The van der Waals surface area contributed by atoms with E-state index in [9.17, 15) is 19.6 Å². The Balaban J connectivity index is 2.44. The largest absolute Gasteiger partial charge is 0.495 e. The fourth-order valence-electron chi connectivity index (χ4n) is 3.78. The minimum atomic E-state index is -1.00. The van der Waals surface area contributed by atoms with E-state index in [0.717, 1.165) is 14.2 Å². The van der Waals surface area contributed by atoms with Crippen molar-refractivity contribution in [3.63, 3.8) is 0 Å². The summed E-state index contributed by atoms with van der Waals surface area (Å²) in [6.45, 7) is 0. The average Bonchev–Trinajstić information content (AvgIpc) is 2.87. The van der Waals surface area contributed by atoms with Crippen LogP contribution >= 0.6 is 0 Å². The van der Waals surface area contributed by atoms with Crippen LogP contribution in [0.25, 0.3) is 0 Å². The first-order valence-electron chi connectivity index (χ1n) is 9.94. The lowest BCUT2D eigenvalue weighted by Gasteiger charge is -2.36. The number of hydrogen-bond donors (Lipinski definition) is 2. The fraction of sp³-hybridized carbons (Fsp3) is 0.167. The molecule has 1 unspecified atom stereocenters. The second-order valence-electron chi connectivity index (χ2n) is 7.09. The van der Waals surface area contributed by atoms with Gasteiger partial charge in [0, 0.05) is 5.56 Å². The molecular formula is C24H22N4O6. The molecule has 10 heteroatoms. The van der Waals surface area contributed by atoms with E-state index in [1.165, 1.54) is 30.2 Å². The predicted molar refractivity (Wildman–Crippen MR) is 121 cm³/mol. The van der Waals surface area contributed by atoms with Crippen LogP contribution in [-0.4, -0.2) is 39.2 Å². The number of esters is 2. The van der Waals surface area contributed by atoms with Crippen molar-refractivity contribution in [2.45, 2.75) is 5.92 Å². The highest BCUT2D eigenvalue weighted by Crippen LogP contribution is 2.45. The van der Waals surface area contributed by atoms with Crippen LogP contribution in [0, 0.1) is 11.3 Å². The zero-order chi connectivity index (χ0) is 25.0. The van der Waals surface area contributed by atoms with E-state index in [2.05, 4.69) is 6.07 Å². The Kier molecular flexibility index (Phi) is 6.87. The van der Waals surface area contributed by atoms with Crippen LogP contribution in [0.5, 0.6) is 5.75 Å². The van der Waals surface area contributed by atoms with Crippen molar-refractivity contribution in [2.24, 2.45) is 11.5 Å². The lowest BCUT2D eigenvalue weighted by molar-refractivity contribution is -0.139. The standard InChI is InChI=1S/C24H22N4O6/c1-32-17-11-14(22(27)29)9-10-16(17)28-20(24(31)34-3)19(23(30)33-2)18(15(12-25)21(28)26)13-7-5-4-6-8-13/h4-11,18H,26H2,1-3H3,(H2,27,29). The summed E-state index contributed by atoms with van der Waals surface area (Å²) in [5.74, 6) is -3.47. The summed E-state index contributed by atoms with van der Waals surface area (Å²) in [4.78, 5) is 38.9. The first kappa shape index (κ1) is 23.9. The zero-order valence-corrected chi connectivity index (χ0v) is 18.7. The summed E-state index contributed by atoms with van der Waals surface area (Å²) in [5, 5.41) is 10.1. The molecular weight excluding hydrogens is 440 g/mol. The van der Waals surface area contributed by atoms with E-state index in [1.54, 1.807) is 30.3 Å². The van der Waals surface area contributed by atoms with Gasteiger partial charge in [-0.2, -0.15) is 5.26 Å². The van der Waals surface area contributed by atoms with Crippen LogP contribution in [0.3, 0.4) is 0 Å². The number of allylic oxidation sites excluding steroid dienone is 1. The number of nitrogens with two attached hydrogens (primary N) is 2. The van der Waals surface area contributed by atoms with Crippen LogP contribution in [0.15, 0.2) is 71.2 Å². The van der Waals surface area contributed by atoms with E-state index in [4.69, 9.17) is 25.7 Å². The number of rotatable bonds is 6. The van der Waals surface area contributed by atoms with Crippen LogP contribution in [0.4, 0.5) is 5.69 Å². The number of carbonyl (C=O) groups is 3. The van der Waals surface area contributed by atoms with Gasteiger partial charge in [0.1, 0.15) is 17.3 Å². The molecule has 0 fully saturated rings. The maximum absolute atomic E-state index is 13.1. The van der Waals surface area contributed by atoms with Crippen LogP contribution in [0.1, 0.15) is 21.8 Å². The Hall–Kier alpha value is -4.78. The number of benzene rings is 2. The Morgan fingerprint density at radius 2 is 1.65 bits per heavy atom. The molecule has 1 amide bonds. The molecule has 0 aromatic heterocycles. The van der Waals surface area contributed by atoms with Gasteiger partial charge in [-0.15, -0.1) is 0 Å². The first-order valence-corrected chi connectivity index (χ1v) is 9.94. The topological polar surface area (TPSA) is 158 Å². The predicted octanol–water partition coefficient (Wildman–Crippen LogP) is 1.69. The van der Waals surface area contributed by atoms with Crippen molar-refractivity contribution in [1.29, 1.82) is 5.26 Å². The summed E-state index contributed by atoms with van der Waals surface area (Å²) >= 11 is 0. The van der Waals surface area contributed by atoms with Gasteiger partial charge in [-0.05, 0) is 23.8 Å². The van der Waals surface area contributed by atoms with Crippen LogP contribution in [0.2, 0.25) is 0 Å². The van der Waals surface area contributed by atoms with Gasteiger partial charge >= 0.3 is 11.9 Å². The molecule has 0 bridgehead atoms. The molecule has 10 nitrogen and oxygen atoms in total. The molecule has 3 rings (SSSR count). The lowest BCUT2D eigenvalue weighted by atomic mass is 9.81. The fourth-order valence-corrected chi connectivity index (χ4v) is 3.78. The molecule has 1 heterocycles. The molecule has 0 saturated carbocycles. The van der Waals surface area contributed by atoms with Crippen LogP contribution < -0.4 is 21.1 Å². The molecule has 174 valence electrons. The van der Waals surface area contributed by atoms with Gasteiger partial charge in [0.25, 0.3) is 0 Å². The Morgan fingerprint density at radius 3 is 2.18 bits per heavy atom. The monoisotopic (exact) mass is 462 g/mol. The number of hydrogen-bond acceptors (Lipinski definition) is 9. The van der Waals surface area contributed by atoms with Crippen molar-refractivity contribution < 1.29 is 28.6 Å². The summed E-state index contributed by atoms with van der Waals surface area (Å²) in [5.41, 5.74) is 12.3. The summed E-state index contributed by atoms with van der Waals surface area (Å²) < 4.78 is 15.4. The van der Waals surface area contributed by atoms with E-state index in [1.807, 2.05) is 0 Å². The molecule has 2 aromatic carbocycles. The average molecular weight is 462 g/mol. The van der Waals surface area contributed by atoms with Crippen LogP contribution in [-0.2, 0) is 19.1 Å². The minimum absolute atomic E-state index is 0.000263. The summed E-state index contributed by atoms with van der Waals surface area (Å²) in [6, 6.07) is 14.9. The molecule has 0 radical (unpaired) electrons. The molecule has 4 N–H and O–H groups in total. The van der Waals surface area contributed by atoms with Gasteiger partial charge in [-0.25, -0.2) is 9.59 Å². The maximum atomic E-state index is 13.1. The second-order valence-corrected chi connectivity index (χ2v) is 7.09. The number of amides is 1. The smallest absolute Gasteiger partial charge is 0.355 e. The van der Waals surface area contributed by atoms with Crippen molar-refractivity contribution in [2.75, 3.05) is 26.2 Å². The molecule has 0 aliphatic carbocycles. The van der Waals surface area contributed by atoms with E-state index < -0.39 is 23.8 Å². The molecule has 1 atom stereocenters. The molecule has 1 aliphatic rings. The van der Waals surface area contributed by atoms with E-state index in [-0.39, 0.29) is 39.7 Å².